The van der Waals surface area contributed by atoms with Gasteiger partial charge in [0.25, 0.3) is 0 Å². The number of nitrogens with zero attached hydrogens (tertiary/aromatic N) is 3. The van der Waals surface area contributed by atoms with Crippen LogP contribution in [0.15, 0.2) is 29.4 Å². The minimum absolute atomic E-state index is 0.203. The highest BCUT2D eigenvalue weighted by molar-refractivity contribution is 7.90. The molecule has 0 aliphatic heterocycles. The van der Waals surface area contributed by atoms with E-state index in [9.17, 15) is 8.42 Å². The molecule has 0 aliphatic rings. The first-order chi connectivity index (χ1) is 8.88. The van der Waals surface area contributed by atoms with Gasteiger partial charge in [0.2, 0.25) is 0 Å². The number of aryl methyl sites for hydroxylation is 1. The summed E-state index contributed by atoms with van der Waals surface area (Å²) in [4.78, 5) is 0.203. The predicted octanol–water partition coefficient (Wildman–Crippen LogP) is 0.413. The molecule has 0 spiro atoms. The van der Waals surface area contributed by atoms with Gasteiger partial charge in [0.05, 0.1) is 22.8 Å². The van der Waals surface area contributed by atoms with Crippen molar-refractivity contribution < 1.29 is 8.42 Å². The molecule has 2 rings (SSSR count). The van der Waals surface area contributed by atoms with Crippen molar-refractivity contribution in [3.8, 4) is 0 Å². The van der Waals surface area contributed by atoms with Crippen molar-refractivity contribution in [3.63, 3.8) is 0 Å². The van der Waals surface area contributed by atoms with Crippen LogP contribution in [0.1, 0.15) is 5.82 Å². The molecule has 0 atom stereocenters. The summed E-state index contributed by atoms with van der Waals surface area (Å²) in [5.74, 6) is 0.756. The number of benzene rings is 1. The van der Waals surface area contributed by atoms with E-state index < -0.39 is 9.84 Å². The summed E-state index contributed by atoms with van der Waals surface area (Å²) in [6.07, 6.45) is 2.75. The van der Waals surface area contributed by atoms with E-state index in [0.717, 1.165) is 12.1 Å². The molecule has 19 heavy (non-hydrogen) atoms. The van der Waals surface area contributed by atoms with Crippen molar-refractivity contribution in [2.45, 2.75) is 11.4 Å². The monoisotopic (exact) mass is 281 g/mol. The maximum absolute atomic E-state index is 11.4. The van der Waals surface area contributed by atoms with Gasteiger partial charge in [-0.1, -0.05) is 0 Å². The highest BCUT2D eigenvalue weighted by Crippen LogP contribution is 2.22. The van der Waals surface area contributed by atoms with E-state index in [-0.39, 0.29) is 4.90 Å². The molecule has 102 valence electrons. The van der Waals surface area contributed by atoms with E-state index in [2.05, 4.69) is 15.5 Å². The standard InChI is InChI=1S/C11H15N5O2S/c1-16-7-14-15-11(16)6-13-10-4-3-8(5-9(10)12)19(2,17)18/h3-5,7,13H,6,12H2,1-2H3. The van der Waals surface area contributed by atoms with Crippen LogP contribution >= 0.6 is 0 Å². The maximum atomic E-state index is 11.4. The summed E-state index contributed by atoms with van der Waals surface area (Å²) in [6.45, 7) is 0.457. The van der Waals surface area contributed by atoms with E-state index in [1.165, 1.54) is 12.1 Å². The summed E-state index contributed by atoms with van der Waals surface area (Å²) in [5.41, 5.74) is 6.87. The van der Waals surface area contributed by atoms with Gasteiger partial charge in [-0.3, -0.25) is 0 Å². The number of nitrogen functional groups attached to an aromatic ring is 1. The Bertz CT molecular complexity index is 693. The lowest BCUT2D eigenvalue weighted by Crippen LogP contribution is -2.08. The van der Waals surface area contributed by atoms with Crippen molar-refractivity contribution in [2.24, 2.45) is 7.05 Å². The summed E-state index contributed by atoms with van der Waals surface area (Å²) in [7, 11) is -1.40. The minimum atomic E-state index is -3.24. The Morgan fingerprint density at radius 1 is 1.42 bits per heavy atom. The normalized spacial score (nSPS) is 11.5. The Kier molecular flexibility index (Phi) is 3.43. The number of aromatic nitrogens is 3. The molecule has 0 saturated heterocycles. The average Bonchev–Trinajstić information content (AvgIpc) is 2.72. The molecule has 0 fully saturated rings. The lowest BCUT2D eigenvalue weighted by molar-refractivity contribution is 0.602. The van der Waals surface area contributed by atoms with E-state index in [0.29, 0.717) is 17.9 Å². The molecule has 0 amide bonds. The minimum Gasteiger partial charge on any atom is -0.397 e. The first-order valence-electron chi connectivity index (χ1n) is 5.54. The number of anilines is 2. The molecule has 0 saturated carbocycles. The lowest BCUT2D eigenvalue weighted by Gasteiger charge is -2.10. The van der Waals surface area contributed by atoms with E-state index in [1.54, 1.807) is 17.0 Å². The van der Waals surface area contributed by atoms with Gasteiger partial charge >= 0.3 is 0 Å². The van der Waals surface area contributed by atoms with Crippen LogP contribution in [0.4, 0.5) is 11.4 Å². The van der Waals surface area contributed by atoms with E-state index >= 15 is 0 Å². The Hall–Kier alpha value is -2.09. The largest absolute Gasteiger partial charge is 0.397 e. The number of rotatable bonds is 4. The van der Waals surface area contributed by atoms with Gasteiger partial charge in [0, 0.05) is 13.3 Å². The lowest BCUT2D eigenvalue weighted by atomic mass is 10.2. The second-order valence-corrected chi connectivity index (χ2v) is 6.25. The van der Waals surface area contributed by atoms with Gasteiger partial charge in [-0.2, -0.15) is 0 Å². The van der Waals surface area contributed by atoms with Crippen LogP contribution in [0.5, 0.6) is 0 Å². The third-order valence-corrected chi connectivity index (χ3v) is 3.80. The highest BCUT2D eigenvalue weighted by Gasteiger charge is 2.09. The summed E-state index contributed by atoms with van der Waals surface area (Å²) < 4.78 is 24.6. The third kappa shape index (κ3) is 3.02. The van der Waals surface area contributed by atoms with Crippen LogP contribution < -0.4 is 11.1 Å². The van der Waals surface area contributed by atoms with Crippen LogP contribution in [0.2, 0.25) is 0 Å². The topological polar surface area (TPSA) is 103 Å². The molecule has 0 unspecified atom stereocenters. The second-order valence-electron chi connectivity index (χ2n) is 4.23. The van der Waals surface area contributed by atoms with Crippen molar-refractivity contribution in [2.75, 3.05) is 17.3 Å². The van der Waals surface area contributed by atoms with E-state index in [1.807, 2.05) is 7.05 Å². The SMILES string of the molecule is Cn1cnnc1CNc1ccc(S(C)(=O)=O)cc1N. The predicted molar refractivity (Wildman–Crippen MR) is 72.3 cm³/mol. The Morgan fingerprint density at radius 3 is 2.68 bits per heavy atom. The van der Waals surface area contributed by atoms with Gasteiger partial charge in [-0.25, -0.2) is 8.42 Å². The fraction of sp³-hybridized carbons (Fsp3) is 0.273. The molecule has 7 nitrogen and oxygen atoms in total. The Morgan fingerprint density at radius 2 is 2.16 bits per heavy atom. The van der Waals surface area contributed by atoms with Crippen molar-refractivity contribution in [1.82, 2.24) is 14.8 Å². The van der Waals surface area contributed by atoms with Gasteiger partial charge < -0.3 is 15.6 Å². The smallest absolute Gasteiger partial charge is 0.175 e. The van der Waals surface area contributed by atoms with Crippen LogP contribution in [0.3, 0.4) is 0 Å². The number of hydrogen-bond acceptors (Lipinski definition) is 6. The summed E-state index contributed by atoms with van der Waals surface area (Å²) in [5, 5.41) is 10.8. The first kappa shape index (κ1) is 13.3. The zero-order chi connectivity index (χ0) is 14.0. The van der Waals surface area contributed by atoms with Gasteiger partial charge in [-0.05, 0) is 18.2 Å². The number of hydrogen-bond donors (Lipinski definition) is 2. The van der Waals surface area contributed by atoms with Crippen molar-refractivity contribution in [3.05, 3.63) is 30.4 Å². The molecule has 3 N–H and O–H groups in total. The van der Waals surface area contributed by atoms with Crippen LogP contribution in [-0.4, -0.2) is 29.4 Å². The molecule has 1 heterocycles. The van der Waals surface area contributed by atoms with Crippen molar-refractivity contribution in [1.29, 1.82) is 0 Å². The number of sulfone groups is 1. The Balaban J connectivity index is 2.16. The molecule has 1 aromatic carbocycles. The van der Waals surface area contributed by atoms with Gasteiger partial charge in [-0.15, -0.1) is 10.2 Å². The van der Waals surface area contributed by atoms with Crippen molar-refractivity contribution >= 4 is 21.2 Å². The maximum Gasteiger partial charge on any atom is 0.175 e. The zero-order valence-corrected chi connectivity index (χ0v) is 11.5. The third-order valence-electron chi connectivity index (χ3n) is 2.69. The molecular weight excluding hydrogens is 266 g/mol. The van der Waals surface area contributed by atoms with E-state index in [4.69, 9.17) is 5.73 Å². The summed E-state index contributed by atoms with van der Waals surface area (Å²) in [6, 6.07) is 4.60. The highest BCUT2D eigenvalue weighted by atomic mass is 32.2. The second kappa shape index (κ2) is 4.88. The molecule has 0 radical (unpaired) electrons. The number of nitrogens with one attached hydrogen (secondary N) is 1. The van der Waals surface area contributed by atoms with Gasteiger partial charge in [0.1, 0.15) is 6.33 Å². The Labute approximate surface area is 111 Å². The zero-order valence-electron chi connectivity index (χ0n) is 10.7. The molecular formula is C11H15N5O2S. The molecule has 0 aliphatic carbocycles. The molecule has 1 aromatic heterocycles. The quantitative estimate of drug-likeness (QED) is 0.787. The summed E-state index contributed by atoms with van der Waals surface area (Å²) >= 11 is 0. The van der Waals surface area contributed by atoms with Crippen LogP contribution in [0.25, 0.3) is 0 Å². The average molecular weight is 281 g/mol. The molecule has 2 aromatic rings. The van der Waals surface area contributed by atoms with Gasteiger partial charge in [0.15, 0.2) is 15.7 Å². The molecule has 8 heteroatoms. The van der Waals surface area contributed by atoms with Crippen LogP contribution in [0, 0.1) is 0 Å². The van der Waals surface area contributed by atoms with Crippen LogP contribution in [-0.2, 0) is 23.4 Å². The molecule has 0 bridgehead atoms. The fourth-order valence-electron chi connectivity index (χ4n) is 1.57. The first-order valence-corrected chi connectivity index (χ1v) is 7.43. The fourth-order valence-corrected chi connectivity index (χ4v) is 2.23. The number of nitrogens with two attached hydrogens (primary N) is 1.